The summed E-state index contributed by atoms with van der Waals surface area (Å²) in [5.74, 6) is 0.605. The Kier molecular flexibility index (Phi) is 8.59. The SMILES string of the molecule is C[C@H]1[C@@H](CSc2ncccn2)O[C@@H](c2cccc(NS(=O)(=O)c3ccccc3)c2)O[C@H]1c1ccc(CO)cc1. The molecule has 1 saturated heterocycles. The maximum Gasteiger partial charge on any atom is 0.261 e. The number of sulfonamides is 1. The highest BCUT2D eigenvalue weighted by Crippen LogP contribution is 2.43. The minimum atomic E-state index is -3.75. The fourth-order valence-electron chi connectivity index (χ4n) is 4.39. The molecule has 0 unspecified atom stereocenters. The Balaban J connectivity index is 1.40. The summed E-state index contributed by atoms with van der Waals surface area (Å²) in [6.07, 6.45) is 2.19. The van der Waals surface area contributed by atoms with Gasteiger partial charge in [-0.2, -0.15) is 0 Å². The van der Waals surface area contributed by atoms with Crippen molar-refractivity contribution in [3.8, 4) is 0 Å². The molecule has 0 bridgehead atoms. The smallest absolute Gasteiger partial charge is 0.261 e. The first kappa shape index (κ1) is 27.3. The molecule has 0 radical (unpaired) electrons. The Labute approximate surface area is 232 Å². The number of anilines is 1. The quantitative estimate of drug-likeness (QED) is 0.207. The van der Waals surface area contributed by atoms with Gasteiger partial charge in [-0.3, -0.25) is 4.72 Å². The van der Waals surface area contributed by atoms with E-state index in [1.165, 1.54) is 11.8 Å². The Morgan fingerprint density at radius 1 is 0.897 bits per heavy atom. The summed E-state index contributed by atoms with van der Waals surface area (Å²) in [5.41, 5.74) is 2.90. The first-order valence-corrected chi connectivity index (χ1v) is 15.0. The van der Waals surface area contributed by atoms with E-state index in [0.717, 1.165) is 11.1 Å². The predicted molar refractivity (Wildman–Crippen MR) is 149 cm³/mol. The number of nitrogens with one attached hydrogen (secondary N) is 1. The van der Waals surface area contributed by atoms with E-state index in [0.29, 0.717) is 22.2 Å². The molecule has 202 valence electrons. The molecule has 0 spiro atoms. The van der Waals surface area contributed by atoms with Crippen LogP contribution < -0.4 is 4.72 Å². The lowest BCUT2D eigenvalue weighted by Gasteiger charge is -2.41. The number of nitrogens with zero attached hydrogens (tertiary/aromatic N) is 2. The number of benzene rings is 3. The normalized spacial score (nSPS) is 21.4. The molecule has 39 heavy (non-hydrogen) atoms. The van der Waals surface area contributed by atoms with E-state index in [9.17, 15) is 13.5 Å². The van der Waals surface area contributed by atoms with Gasteiger partial charge in [0.2, 0.25) is 0 Å². The fourth-order valence-corrected chi connectivity index (χ4v) is 6.43. The maximum atomic E-state index is 12.9. The van der Waals surface area contributed by atoms with Crippen LogP contribution in [-0.2, 0) is 26.1 Å². The highest BCUT2D eigenvalue weighted by atomic mass is 32.2. The van der Waals surface area contributed by atoms with Crippen molar-refractivity contribution in [3.05, 3.63) is 114 Å². The monoisotopic (exact) mass is 563 g/mol. The average molecular weight is 564 g/mol. The summed E-state index contributed by atoms with van der Waals surface area (Å²) in [6, 6.07) is 24.8. The van der Waals surface area contributed by atoms with Gasteiger partial charge in [0.05, 0.1) is 23.7 Å². The molecule has 1 fully saturated rings. The molecule has 1 aliphatic heterocycles. The lowest BCUT2D eigenvalue weighted by atomic mass is 9.91. The number of hydrogen-bond donors (Lipinski definition) is 2. The number of aromatic nitrogens is 2. The van der Waals surface area contributed by atoms with E-state index in [4.69, 9.17) is 9.47 Å². The molecule has 1 aliphatic rings. The van der Waals surface area contributed by atoms with Crippen molar-refractivity contribution in [2.45, 2.75) is 42.1 Å². The first-order valence-electron chi connectivity index (χ1n) is 12.5. The van der Waals surface area contributed by atoms with Crippen molar-refractivity contribution >= 4 is 27.5 Å². The summed E-state index contributed by atoms with van der Waals surface area (Å²) in [5, 5.41) is 10.1. The van der Waals surface area contributed by atoms with Crippen LogP contribution in [-0.4, -0.2) is 35.3 Å². The second kappa shape index (κ2) is 12.3. The van der Waals surface area contributed by atoms with Gasteiger partial charge in [0.1, 0.15) is 0 Å². The molecule has 0 aliphatic carbocycles. The number of aliphatic hydroxyl groups is 1. The standard InChI is InChI=1S/C29H29N3O5S2/c1-20-26(19-38-29-30-15-6-16-31-29)36-28(37-27(20)22-13-11-21(18-33)12-14-22)23-7-5-8-24(17-23)32-39(34,35)25-9-3-2-4-10-25/h2-17,20,26-28,32-33H,18-19H2,1H3/t20-,26+,27+,28+/m0/s1. The van der Waals surface area contributed by atoms with E-state index in [2.05, 4.69) is 21.6 Å². The van der Waals surface area contributed by atoms with E-state index < -0.39 is 16.3 Å². The van der Waals surface area contributed by atoms with E-state index in [1.807, 2.05) is 30.3 Å². The van der Waals surface area contributed by atoms with E-state index in [-0.39, 0.29) is 29.6 Å². The van der Waals surface area contributed by atoms with Gasteiger partial charge < -0.3 is 14.6 Å². The van der Waals surface area contributed by atoms with E-state index in [1.54, 1.807) is 67.0 Å². The van der Waals surface area contributed by atoms with Gasteiger partial charge in [-0.25, -0.2) is 18.4 Å². The van der Waals surface area contributed by atoms with Gasteiger partial charge in [-0.1, -0.05) is 73.3 Å². The average Bonchev–Trinajstić information content (AvgIpc) is 2.97. The minimum Gasteiger partial charge on any atom is -0.392 e. The molecule has 0 amide bonds. The third kappa shape index (κ3) is 6.66. The molecule has 4 atom stereocenters. The van der Waals surface area contributed by atoms with Crippen molar-refractivity contribution in [3.63, 3.8) is 0 Å². The molecular formula is C29H29N3O5S2. The third-order valence-electron chi connectivity index (χ3n) is 6.51. The van der Waals surface area contributed by atoms with Crippen LogP contribution in [0.3, 0.4) is 0 Å². The number of aliphatic hydroxyl groups excluding tert-OH is 1. The van der Waals surface area contributed by atoms with Crippen LogP contribution in [0, 0.1) is 5.92 Å². The topological polar surface area (TPSA) is 111 Å². The Bertz CT molecular complexity index is 1470. The van der Waals surface area contributed by atoms with Gasteiger partial charge in [0, 0.05) is 35.3 Å². The maximum absolute atomic E-state index is 12.9. The molecule has 5 rings (SSSR count). The Hall–Kier alpha value is -3.28. The van der Waals surface area contributed by atoms with Crippen molar-refractivity contribution in [2.24, 2.45) is 5.92 Å². The number of thioether (sulfide) groups is 1. The van der Waals surface area contributed by atoms with Crippen LogP contribution in [0.5, 0.6) is 0 Å². The largest absolute Gasteiger partial charge is 0.392 e. The predicted octanol–water partition coefficient (Wildman–Crippen LogP) is 5.35. The Morgan fingerprint density at radius 3 is 2.36 bits per heavy atom. The number of hydrogen-bond acceptors (Lipinski definition) is 8. The lowest BCUT2D eigenvalue weighted by molar-refractivity contribution is -0.268. The van der Waals surface area contributed by atoms with Crippen LogP contribution in [0.15, 0.2) is 107 Å². The zero-order valence-corrected chi connectivity index (χ0v) is 22.9. The zero-order valence-electron chi connectivity index (χ0n) is 21.3. The van der Waals surface area contributed by atoms with Crippen LogP contribution in [0.1, 0.15) is 36.0 Å². The molecule has 3 aromatic carbocycles. The second-order valence-electron chi connectivity index (χ2n) is 9.21. The molecule has 1 aromatic heterocycles. The van der Waals surface area contributed by atoms with Gasteiger partial charge in [-0.15, -0.1) is 0 Å². The summed E-state index contributed by atoms with van der Waals surface area (Å²) in [6.45, 7) is 2.05. The molecule has 10 heteroatoms. The number of ether oxygens (including phenoxy) is 2. The van der Waals surface area contributed by atoms with Crippen LogP contribution in [0.4, 0.5) is 5.69 Å². The molecular weight excluding hydrogens is 534 g/mol. The summed E-state index contributed by atoms with van der Waals surface area (Å²) < 4.78 is 41.4. The lowest BCUT2D eigenvalue weighted by Crippen LogP contribution is -2.38. The van der Waals surface area contributed by atoms with Gasteiger partial charge in [-0.05, 0) is 41.5 Å². The summed E-state index contributed by atoms with van der Waals surface area (Å²) in [4.78, 5) is 8.80. The van der Waals surface area contributed by atoms with Crippen molar-refractivity contribution in [1.82, 2.24) is 9.97 Å². The van der Waals surface area contributed by atoms with Gasteiger partial charge in [0.25, 0.3) is 10.0 Å². The Morgan fingerprint density at radius 2 is 1.64 bits per heavy atom. The van der Waals surface area contributed by atoms with Crippen molar-refractivity contribution < 1.29 is 23.0 Å². The molecule has 4 aromatic rings. The van der Waals surface area contributed by atoms with Crippen molar-refractivity contribution in [1.29, 1.82) is 0 Å². The highest BCUT2D eigenvalue weighted by molar-refractivity contribution is 7.99. The number of rotatable bonds is 9. The second-order valence-corrected chi connectivity index (χ2v) is 11.9. The van der Waals surface area contributed by atoms with Gasteiger partial charge >= 0.3 is 0 Å². The molecule has 8 nitrogen and oxygen atoms in total. The van der Waals surface area contributed by atoms with Crippen LogP contribution >= 0.6 is 11.8 Å². The van der Waals surface area contributed by atoms with Crippen LogP contribution in [0.25, 0.3) is 0 Å². The minimum absolute atomic E-state index is 0.00259. The summed E-state index contributed by atoms with van der Waals surface area (Å²) in [7, 11) is -3.75. The zero-order chi connectivity index (χ0) is 27.2. The highest BCUT2D eigenvalue weighted by Gasteiger charge is 2.38. The summed E-state index contributed by atoms with van der Waals surface area (Å²) >= 11 is 1.51. The molecule has 2 N–H and O–H groups in total. The first-order chi connectivity index (χ1) is 18.9. The van der Waals surface area contributed by atoms with Gasteiger partial charge in [0.15, 0.2) is 11.4 Å². The molecule has 2 heterocycles. The third-order valence-corrected chi connectivity index (χ3v) is 8.87. The van der Waals surface area contributed by atoms with E-state index >= 15 is 0 Å². The fraction of sp³-hybridized carbons (Fsp3) is 0.241. The van der Waals surface area contributed by atoms with Crippen molar-refractivity contribution in [2.75, 3.05) is 10.5 Å². The van der Waals surface area contributed by atoms with Crippen LogP contribution in [0.2, 0.25) is 0 Å². The molecule has 0 saturated carbocycles.